The molecule has 25 heavy (non-hydrogen) atoms. The topological polar surface area (TPSA) is 59.1 Å². The summed E-state index contributed by atoms with van der Waals surface area (Å²) in [6.07, 6.45) is -3.04. The Morgan fingerprint density at radius 2 is 2.00 bits per heavy atom. The lowest BCUT2D eigenvalue weighted by atomic mass is 10.1. The van der Waals surface area contributed by atoms with E-state index in [0.29, 0.717) is 35.6 Å². The summed E-state index contributed by atoms with van der Waals surface area (Å²) in [5, 5.41) is 6.80. The summed E-state index contributed by atoms with van der Waals surface area (Å²) in [5.74, 6) is 0.990. The molecule has 0 aliphatic carbocycles. The third-order valence-corrected chi connectivity index (χ3v) is 3.87. The van der Waals surface area contributed by atoms with E-state index in [1.54, 1.807) is 6.07 Å². The molecular weight excluding hydrogens is 333 g/mol. The molecule has 4 rings (SSSR count). The van der Waals surface area contributed by atoms with E-state index >= 15 is 0 Å². The van der Waals surface area contributed by atoms with E-state index in [9.17, 15) is 13.2 Å². The molecule has 2 aromatic carbocycles. The number of rotatable bonds is 2. The number of nitrogens with zero attached hydrogens (tertiary/aromatic N) is 2. The normalized spacial score (nSPS) is 13.7. The summed E-state index contributed by atoms with van der Waals surface area (Å²) >= 11 is 0. The van der Waals surface area contributed by atoms with Crippen molar-refractivity contribution in [1.82, 2.24) is 9.97 Å². The quantitative estimate of drug-likeness (QED) is 0.728. The molecular formula is C17H13F3N4O. The number of alkyl halides is 3. The maximum absolute atomic E-state index is 12.9. The van der Waals surface area contributed by atoms with Gasteiger partial charge in [0, 0.05) is 12.2 Å². The van der Waals surface area contributed by atoms with Gasteiger partial charge in [0.15, 0.2) is 5.75 Å². The Kier molecular flexibility index (Phi) is 3.60. The molecule has 2 N–H and O–H groups in total. The van der Waals surface area contributed by atoms with Gasteiger partial charge in [-0.2, -0.15) is 13.2 Å². The lowest BCUT2D eigenvalue weighted by Crippen LogP contribution is -2.18. The molecule has 8 heteroatoms. The molecule has 0 unspecified atom stereocenters. The molecule has 0 spiro atoms. The summed E-state index contributed by atoms with van der Waals surface area (Å²) < 4.78 is 44.4. The van der Waals surface area contributed by atoms with Gasteiger partial charge in [-0.1, -0.05) is 6.07 Å². The molecule has 0 atom stereocenters. The van der Waals surface area contributed by atoms with Crippen molar-refractivity contribution < 1.29 is 17.9 Å². The SMILES string of the molecule is FC(F)(F)c1cccc(Nc2ncnc3ccc4c(c23)OCCN4)c1. The Balaban J connectivity index is 1.80. The standard InChI is InChI=1S/C17H13F3N4O/c18-17(19,20)10-2-1-3-11(8-10)24-16-14-12(22-9-23-16)4-5-13-15(14)25-7-6-21-13/h1-5,8-9,21H,6-7H2,(H,22,23,24). The number of hydrogen-bond donors (Lipinski definition) is 2. The average Bonchev–Trinajstić information content (AvgIpc) is 2.61. The highest BCUT2D eigenvalue weighted by Gasteiger charge is 2.30. The third kappa shape index (κ3) is 2.90. The Labute approximate surface area is 140 Å². The molecule has 0 saturated heterocycles. The summed E-state index contributed by atoms with van der Waals surface area (Å²) in [7, 11) is 0. The van der Waals surface area contributed by atoms with Crippen LogP contribution in [0.5, 0.6) is 5.75 Å². The van der Waals surface area contributed by atoms with Gasteiger partial charge in [0.2, 0.25) is 0 Å². The molecule has 0 amide bonds. The van der Waals surface area contributed by atoms with Crippen LogP contribution < -0.4 is 15.4 Å². The van der Waals surface area contributed by atoms with Crippen molar-refractivity contribution in [3.8, 4) is 5.75 Å². The van der Waals surface area contributed by atoms with Crippen LogP contribution in [0.1, 0.15) is 5.56 Å². The molecule has 0 bridgehead atoms. The minimum absolute atomic E-state index is 0.288. The van der Waals surface area contributed by atoms with E-state index in [1.807, 2.05) is 12.1 Å². The number of nitrogens with one attached hydrogen (secondary N) is 2. The van der Waals surface area contributed by atoms with Gasteiger partial charge in [-0.3, -0.25) is 0 Å². The highest BCUT2D eigenvalue weighted by molar-refractivity contribution is 5.99. The van der Waals surface area contributed by atoms with Crippen molar-refractivity contribution in [3.63, 3.8) is 0 Å². The number of fused-ring (bicyclic) bond motifs is 3. The minimum atomic E-state index is -4.41. The molecule has 0 saturated carbocycles. The lowest BCUT2D eigenvalue weighted by Gasteiger charge is -2.21. The summed E-state index contributed by atoms with van der Waals surface area (Å²) in [4.78, 5) is 8.40. The number of ether oxygens (including phenoxy) is 1. The Morgan fingerprint density at radius 1 is 1.12 bits per heavy atom. The molecule has 1 aromatic heterocycles. The fourth-order valence-electron chi connectivity index (χ4n) is 2.75. The molecule has 2 heterocycles. The van der Waals surface area contributed by atoms with Crippen LogP contribution in [0.3, 0.4) is 0 Å². The zero-order valence-electron chi connectivity index (χ0n) is 12.9. The molecule has 128 valence electrons. The summed E-state index contributed by atoms with van der Waals surface area (Å²) in [5.41, 5.74) is 1.01. The summed E-state index contributed by atoms with van der Waals surface area (Å²) in [6.45, 7) is 1.17. The van der Waals surface area contributed by atoms with Crippen LogP contribution in [0.4, 0.5) is 30.4 Å². The van der Waals surface area contributed by atoms with Crippen molar-refractivity contribution in [2.75, 3.05) is 23.8 Å². The van der Waals surface area contributed by atoms with E-state index < -0.39 is 11.7 Å². The number of benzene rings is 2. The van der Waals surface area contributed by atoms with E-state index in [1.165, 1.54) is 12.4 Å². The second-order valence-corrected chi connectivity index (χ2v) is 5.54. The molecule has 1 aliphatic heterocycles. The minimum Gasteiger partial charge on any atom is -0.489 e. The van der Waals surface area contributed by atoms with Gasteiger partial charge in [-0.05, 0) is 30.3 Å². The van der Waals surface area contributed by atoms with Crippen molar-refractivity contribution in [2.45, 2.75) is 6.18 Å². The maximum Gasteiger partial charge on any atom is 0.416 e. The van der Waals surface area contributed by atoms with Crippen LogP contribution >= 0.6 is 0 Å². The number of halogens is 3. The van der Waals surface area contributed by atoms with Crippen LogP contribution in [0.25, 0.3) is 10.9 Å². The Hall–Kier alpha value is -3.03. The van der Waals surface area contributed by atoms with Crippen molar-refractivity contribution in [3.05, 3.63) is 48.3 Å². The molecule has 0 radical (unpaired) electrons. The van der Waals surface area contributed by atoms with Gasteiger partial charge in [-0.25, -0.2) is 9.97 Å². The predicted octanol–water partition coefficient (Wildman–Crippen LogP) is 4.20. The highest BCUT2D eigenvalue weighted by atomic mass is 19.4. The van der Waals surface area contributed by atoms with Crippen LogP contribution in [-0.2, 0) is 6.18 Å². The van der Waals surface area contributed by atoms with Gasteiger partial charge in [0.05, 0.1) is 22.2 Å². The average molecular weight is 346 g/mol. The van der Waals surface area contributed by atoms with E-state index in [2.05, 4.69) is 20.6 Å². The first-order chi connectivity index (χ1) is 12.0. The van der Waals surface area contributed by atoms with Gasteiger partial charge in [0.1, 0.15) is 18.8 Å². The second-order valence-electron chi connectivity index (χ2n) is 5.54. The van der Waals surface area contributed by atoms with Crippen molar-refractivity contribution in [2.24, 2.45) is 0 Å². The number of anilines is 3. The Bertz CT molecular complexity index is 943. The molecule has 0 fully saturated rings. The van der Waals surface area contributed by atoms with Gasteiger partial charge >= 0.3 is 6.18 Å². The zero-order chi connectivity index (χ0) is 17.4. The first-order valence-corrected chi connectivity index (χ1v) is 7.61. The summed E-state index contributed by atoms with van der Waals surface area (Å²) in [6, 6.07) is 8.65. The second kappa shape index (κ2) is 5.80. The number of aromatic nitrogens is 2. The highest BCUT2D eigenvalue weighted by Crippen LogP contribution is 2.39. The smallest absolute Gasteiger partial charge is 0.416 e. The van der Waals surface area contributed by atoms with E-state index in [0.717, 1.165) is 17.8 Å². The van der Waals surface area contributed by atoms with E-state index in [-0.39, 0.29) is 5.69 Å². The van der Waals surface area contributed by atoms with Gasteiger partial charge in [-0.15, -0.1) is 0 Å². The van der Waals surface area contributed by atoms with Crippen LogP contribution in [0.2, 0.25) is 0 Å². The van der Waals surface area contributed by atoms with E-state index in [4.69, 9.17) is 4.74 Å². The molecule has 5 nitrogen and oxygen atoms in total. The zero-order valence-corrected chi connectivity index (χ0v) is 12.9. The fourth-order valence-corrected chi connectivity index (χ4v) is 2.75. The first-order valence-electron chi connectivity index (χ1n) is 7.61. The molecule has 1 aliphatic rings. The fraction of sp³-hybridized carbons (Fsp3) is 0.176. The van der Waals surface area contributed by atoms with Crippen LogP contribution in [0.15, 0.2) is 42.7 Å². The van der Waals surface area contributed by atoms with Gasteiger partial charge < -0.3 is 15.4 Å². The number of hydrogen-bond acceptors (Lipinski definition) is 5. The van der Waals surface area contributed by atoms with Crippen molar-refractivity contribution >= 4 is 28.1 Å². The third-order valence-electron chi connectivity index (χ3n) is 3.87. The lowest BCUT2D eigenvalue weighted by molar-refractivity contribution is -0.137. The maximum atomic E-state index is 12.9. The van der Waals surface area contributed by atoms with Crippen LogP contribution in [0, 0.1) is 0 Å². The largest absolute Gasteiger partial charge is 0.489 e. The first kappa shape index (κ1) is 15.5. The molecule has 3 aromatic rings. The van der Waals surface area contributed by atoms with Gasteiger partial charge in [0.25, 0.3) is 0 Å². The predicted molar refractivity (Wildman–Crippen MR) is 88.2 cm³/mol. The van der Waals surface area contributed by atoms with Crippen LogP contribution in [-0.4, -0.2) is 23.1 Å². The Morgan fingerprint density at radius 3 is 2.84 bits per heavy atom. The van der Waals surface area contributed by atoms with Crippen molar-refractivity contribution in [1.29, 1.82) is 0 Å². The monoisotopic (exact) mass is 346 g/mol.